The van der Waals surface area contributed by atoms with Crippen LogP contribution in [0.25, 0.3) is 11.3 Å². The van der Waals surface area contributed by atoms with E-state index in [1.807, 2.05) is 0 Å². The first kappa shape index (κ1) is 19.2. The molecule has 0 atom stereocenters. The number of aromatic carboxylic acids is 1. The van der Waals surface area contributed by atoms with E-state index in [2.05, 4.69) is 20.3 Å². The summed E-state index contributed by atoms with van der Waals surface area (Å²) in [7, 11) is 3.14. The molecular weight excluding hydrogens is 366 g/mol. The van der Waals surface area contributed by atoms with Crippen molar-refractivity contribution in [2.24, 2.45) is 0 Å². The van der Waals surface area contributed by atoms with Crippen LogP contribution in [0.1, 0.15) is 16.1 Å². The molecule has 3 aromatic rings. The standard InChI is InChI=1S/C18H19N5O5/c1-26-7-8-28-18-19-9-12(10-20-18)11-23-16(15(17(24)25)21-22-23)13-3-5-14(27-2)6-4-13/h3-6,9-10H,7-8,11H2,1-2H3,(H,24,25). The molecule has 1 N–H and O–H groups in total. The van der Waals surface area contributed by atoms with Crippen LogP contribution in [0.2, 0.25) is 0 Å². The SMILES string of the molecule is COCCOc1ncc(Cn2nnc(C(=O)O)c2-c2ccc(OC)cc2)cn1. The van der Waals surface area contributed by atoms with Crippen LogP contribution in [0.5, 0.6) is 11.8 Å². The van der Waals surface area contributed by atoms with Crippen molar-refractivity contribution in [1.82, 2.24) is 25.0 Å². The Morgan fingerprint density at radius 1 is 1.11 bits per heavy atom. The number of ether oxygens (including phenoxy) is 3. The van der Waals surface area contributed by atoms with Gasteiger partial charge in [-0.25, -0.2) is 19.4 Å². The number of methoxy groups -OCH3 is 2. The van der Waals surface area contributed by atoms with Crippen molar-refractivity contribution in [2.45, 2.75) is 6.54 Å². The monoisotopic (exact) mass is 385 g/mol. The highest BCUT2D eigenvalue weighted by molar-refractivity contribution is 5.92. The molecule has 0 saturated carbocycles. The molecule has 0 unspecified atom stereocenters. The predicted octanol–water partition coefficient (Wildman–Crippen LogP) is 1.52. The maximum atomic E-state index is 11.6. The number of hydrogen-bond donors (Lipinski definition) is 1. The number of benzene rings is 1. The van der Waals surface area contributed by atoms with Gasteiger partial charge < -0.3 is 19.3 Å². The quantitative estimate of drug-likeness (QED) is 0.546. The highest BCUT2D eigenvalue weighted by Crippen LogP contribution is 2.25. The van der Waals surface area contributed by atoms with Gasteiger partial charge in [-0.05, 0) is 24.3 Å². The molecule has 10 heteroatoms. The number of carbonyl (C=O) groups is 1. The van der Waals surface area contributed by atoms with Crippen LogP contribution in [-0.4, -0.2) is 63.5 Å². The normalized spacial score (nSPS) is 10.6. The Labute approximate surface area is 160 Å². The van der Waals surface area contributed by atoms with Gasteiger partial charge in [-0.3, -0.25) is 0 Å². The Morgan fingerprint density at radius 2 is 1.82 bits per heavy atom. The van der Waals surface area contributed by atoms with Crippen LogP contribution < -0.4 is 9.47 Å². The van der Waals surface area contributed by atoms with Gasteiger partial charge in [0, 0.05) is 30.6 Å². The van der Waals surface area contributed by atoms with E-state index in [0.717, 1.165) is 5.56 Å². The molecule has 1 aromatic carbocycles. The highest BCUT2D eigenvalue weighted by Gasteiger charge is 2.21. The van der Waals surface area contributed by atoms with Crippen LogP contribution >= 0.6 is 0 Å². The molecule has 3 rings (SSSR count). The summed E-state index contributed by atoms with van der Waals surface area (Å²) in [5, 5.41) is 17.2. The fraction of sp³-hybridized carbons (Fsp3) is 0.278. The Morgan fingerprint density at radius 3 is 2.43 bits per heavy atom. The Bertz CT molecular complexity index is 925. The van der Waals surface area contributed by atoms with Gasteiger partial charge >= 0.3 is 12.0 Å². The number of rotatable bonds is 9. The minimum absolute atomic E-state index is 0.134. The fourth-order valence-electron chi connectivity index (χ4n) is 2.49. The smallest absolute Gasteiger partial charge is 0.358 e. The Hall–Kier alpha value is -3.53. The van der Waals surface area contributed by atoms with E-state index in [1.54, 1.807) is 50.9 Å². The van der Waals surface area contributed by atoms with Crippen molar-refractivity contribution in [3.8, 4) is 23.0 Å². The van der Waals surface area contributed by atoms with Gasteiger partial charge in [-0.2, -0.15) is 0 Å². The average molecular weight is 385 g/mol. The van der Waals surface area contributed by atoms with E-state index in [1.165, 1.54) is 4.68 Å². The number of aromatic nitrogens is 5. The zero-order valence-electron chi connectivity index (χ0n) is 15.4. The van der Waals surface area contributed by atoms with Crippen LogP contribution in [0, 0.1) is 0 Å². The van der Waals surface area contributed by atoms with E-state index in [4.69, 9.17) is 14.2 Å². The van der Waals surface area contributed by atoms with Gasteiger partial charge in [-0.1, -0.05) is 5.21 Å². The predicted molar refractivity (Wildman–Crippen MR) is 97.5 cm³/mol. The lowest BCUT2D eigenvalue weighted by Crippen LogP contribution is -2.09. The highest BCUT2D eigenvalue weighted by atomic mass is 16.5. The van der Waals surface area contributed by atoms with Gasteiger partial charge in [0.15, 0.2) is 5.69 Å². The Balaban J connectivity index is 1.84. The summed E-state index contributed by atoms with van der Waals surface area (Å²) in [5.74, 6) is -0.493. The Kier molecular flexibility index (Phi) is 6.12. The van der Waals surface area contributed by atoms with Crippen LogP contribution in [0.15, 0.2) is 36.7 Å². The first-order valence-corrected chi connectivity index (χ1v) is 8.36. The summed E-state index contributed by atoms with van der Waals surface area (Å²) in [6.45, 7) is 1.04. The summed E-state index contributed by atoms with van der Waals surface area (Å²) in [5.41, 5.74) is 1.63. The molecule has 0 bridgehead atoms. The lowest BCUT2D eigenvalue weighted by atomic mass is 10.1. The minimum atomic E-state index is -1.16. The third-order valence-electron chi connectivity index (χ3n) is 3.83. The minimum Gasteiger partial charge on any atom is -0.497 e. The van der Waals surface area contributed by atoms with Gasteiger partial charge in [0.2, 0.25) is 0 Å². The van der Waals surface area contributed by atoms with E-state index >= 15 is 0 Å². The topological polar surface area (TPSA) is 121 Å². The lowest BCUT2D eigenvalue weighted by molar-refractivity contribution is 0.0691. The van der Waals surface area contributed by atoms with Crippen molar-refractivity contribution in [3.05, 3.63) is 47.9 Å². The summed E-state index contributed by atoms with van der Waals surface area (Å²) < 4.78 is 16.9. The molecule has 0 radical (unpaired) electrons. The molecule has 2 heterocycles. The molecule has 146 valence electrons. The zero-order chi connectivity index (χ0) is 19.9. The van der Waals surface area contributed by atoms with Crippen LogP contribution in [-0.2, 0) is 11.3 Å². The first-order valence-electron chi connectivity index (χ1n) is 8.36. The van der Waals surface area contributed by atoms with E-state index in [0.29, 0.717) is 30.2 Å². The lowest BCUT2D eigenvalue weighted by Gasteiger charge is -2.09. The largest absolute Gasteiger partial charge is 0.497 e. The molecule has 28 heavy (non-hydrogen) atoms. The van der Waals surface area contributed by atoms with Crippen LogP contribution in [0.4, 0.5) is 0 Å². The van der Waals surface area contributed by atoms with Gasteiger partial charge in [0.05, 0.1) is 20.3 Å². The second-order valence-electron chi connectivity index (χ2n) is 5.69. The van der Waals surface area contributed by atoms with Crippen LogP contribution in [0.3, 0.4) is 0 Å². The molecule has 0 aliphatic heterocycles. The fourth-order valence-corrected chi connectivity index (χ4v) is 2.49. The van der Waals surface area contributed by atoms with Gasteiger partial charge in [0.1, 0.15) is 18.1 Å². The van der Waals surface area contributed by atoms with E-state index < -0.39 is 5.97 Å². The molecule has 0 amide bonds. The van der Waals surface area contributed by atoms with Crippen molar-refractivity contribution >= 4 is 5.97 Å². The van der Waals surface area contributed by atoms with E-state index in [-0.39, 0.29) is 18.2 Å². The summed E-state index contributed by atoms with van der Waals surface area (Å²) in [6.07, 6.45) is 3.18. The molecular formula is C18H19N5O5. The maximum absolute atomic E-state index is 11.6. The summed E-state index contributed by atoms with van der Waals surface area (Å²) >= 11 is 0. The maximum Gasteiger partial charge on any atom is 0.358 e. The van der Waals surface area contributed by atoms with E-state index in [9.17, 15) is 9.90 Å². The van der Waals surface area contributed by atoms with Crippen molar-refractivity contribution in [2.75, 3.05) is 27.4 Å². The molecule has 0 aliphatic carbocycles. The molecule has 0 saturated heterocycles. The number of nitrogens with zero attached hydrogens (tertiary/aromatic N) is 5. The summed E-state index contributed by atoms with van der Waals surface area (Å²) in [4.78, 5) is 19.8. The molecule has 0 fully saturated rings. The van der Waals surface area contributed by atoms with Crippen molar-refractivity contribution < 1.29 is 24.1 Å². The van der Waals surface area contributed by atoms with Gasteiger partial charge in [-0.15, -0.1) is 5.10 Å². The van der Waals surface area contributed by atoms with Crippen molar-refractivity contribution in [1.29, 1.82) is 0 Å². The molecule has 0 spiro atoms. The second kappa shape index (κ2) is 8.91. The second-order valence-corrected chi connectivity index (χ2v) is 5.69. The summed E-state index contributed by atoms with van der Waals surface area (Å²) in [6, 6.07) is 7.23. The molecule has 10 nitrogen and oxygen atoms in total. The van der Waals surface area contributed by atoms with Gasteiger partial charge in [0.25, 0.3) is 0 Å². The zero-order valence-corrected chi connectivity index (χ0v) is 15.4. The van der Waals surface area contributed by atoms with Crippen molar-refractivity contribution in [3.63, 3.8) is 0 Å². The third-order valence-corrected chi connectivity index (χ3v) is 3.83. The number of hydrogen-bond acceptors (Lipinski definition) is 8. The number of carboxylic acids is 1. The molecule has 2 aromatic heterocycles. The average Bonchev–Trinajstić information content (AvgIpc) is 3.13. The molecule has 0 aliphatic rings. The number of carboxylic acid groups (broad SMARTS) is 1. The first-order chi connectivity index (χ1) is 13.6. The third kappa shape index (κ3) is 4.41.